The van der Waals surface area contributed by atoms with Crippen LogP contribution in [0.2, 0.25) is 0 Å². The van der Waals surface area contributed by atoms with Crippen LogP contribution in [0.3, 0.4) is 0 Å². The van der Waals surface area contributed by atoms with E-state index in [4.69, 9.17) is 10.2 Å². The first kappa shape index (κ1) is 21.9. The van der Waals surface area contributed by atoms with Crippen molar-refractivity contribution in [2.45, 2.75) is 6.42 Å². The number of carbonyl (C=O) groups excluding carboxylic acids is 1. The molecule has 1 aromatic heterocycles. The van der Waals surface area contributed by atoms with E-state index in [0.29, 0.717) is 12.2 Å². The van der Waals surface area contributed by atoms with Crippen molar-refractivity contribution in [1.82, 2.24) is 9.47 Å². The minimum Gasteiger partial charge on any atom is -0.478 e. The first-order valence-electron chi connectivity index (χ1n) is 9.46. The molecule has 0 radical (unpaired) electrons. The maximum Gasteiger partial charge on any atom is 0.328 e. The van der Waals surface area contributed by atoms with Crippen molar-refractivity contribution in [3.63, 3.8) is 0 Å². The zero-order valence-corrected chi connectivity index (χ0v) is 17.0. The number of carboxylic acid groups (broad SMARTS) is 2. The highest BCUT2D eigenvalue weighted by Gasteiger charge is 2.31. The Morgan fingerprint density at radius 3 is 2.23 bits per heavy atom. The molecule has 1 aliphatic rings. The van der Waals surface area contributed by atoms with Gasteiger partial charge in [0.15, 0.2) is 0 Å². The summed E-state index contributed by atoms with van der Waals surface area (Å²) in [7, 11) is 4.02. The lowest BCUT2D eigenvalue weighted by Gasteiger charge is -2.10. The van der Waals surface area contributed by atoms with Crippen LogP contribution in [0.5, 0.6) is 0 Å². The van der Waals surface area contributed by atoms with Crippen LogP contribution in [-0.4, -0.2) is 58.2 Å². The molecule has 0 amide bonds. The number of carbonyl (C=O) groups is 3. The highest BCUT2D eigenvalue weighted by Crippen LogP contribution is 2.41. The summed E-state index contributed by atoms with van der Waals surface area (Å²) in [6, 6.07) is 12.3. The number of hydrogen-bond donors (Lipinski definition) is 2. The fraction of sp³-hybridized carbons (Fsp3) is 0.174. The van der Waals surface area contributed by atoms with Gasteiger partial charge in [0.2, 0.25) is 0 Å². The Balaban J connectivity index is 0.000000293. The Morgan fingerprint density at radius 1 is 1.03 bits per heavy atom. The normalized spacial score (nSPS) is 12.1. The SMILES string of the molecule is CN(C)CCc1c2n(c3ccc(F)cc13)C(=O)c1ccccc1-2.O=C(O)/C=C\C(=O)O. The van der Waals surface area contributed by atoms with Gasteiger partial charge in [0.05, 0.1) is 11.2 Å². The fourth-order valence-electron chi connectivity index (χ4n) is 3.55. The lowest BCUT2D eigenvalue weighted by Crippen LogP contribution is -2.15. The van der Waals surface area contributed by atoms with Gasteiger partial charge in [-0.15, -0.1) is 0 Å². The maximum atomic E-state index is 13.8. The maximum absolute atomic E-state index is 13.8. The first-order chi connectivity index (χ1) is 14.7. The Hall–Kier alpha value is -3.78. The standard InChI is InChI=1S/C19H17FN2O.C4H4O4/c1-21(2)10-9-14-16-11-12(20)7-8-17(16)22-18(14)13-5-3-4-6-15(13)19(22)23;5-3(6)1-2-4(7)8/h3-8,11H,9-10H2,1-2H3;1-2H,(H,5,6)(H,7,8)/b;2-1-. The van der Waals surface area contributed by atoms with Gasteiger partial charge < -0.3 is 15.1 Å². The highest BCUT2D eigenvalue weighted by molar-refractivity contribution is 6.15. The molecule has 0 saturated heterocycles. The molecule has 0 spiro atoms. The molecule has 0 unspecified atom stereocenters. The number of fused-ring (bicyclic) bond motifs is 5. The molecular formula is C23H21FN2O5. The summed E-state index contributed by atoms with van der Waals surface area (Å²) in [5, 5.41) is 16.5. The van der Waals surface area contributed by atoms with E-state index >= 15 is 0 Å². The zero-order valence-electron chi connectivity index (χ0n) is 17.0. The third-order valence-electron chi connectivity index (χ3n) is 4.83. The van der Waals surface area contributed by atoms with Crippen LogP contribution in [0.15, 0.2) is 54.6 Å². The molecule has 1 aliphatic heterocycles. The second-order valence-corrected chi connectivity index (χ2v) is 7.24. The summed E-state index contributed by atoms with van der Waals surface area (Å²) in [5.41, 5.74) is 4.43. The molecular weight excluding hydrogens is 403 g/mol. The van der Waals surface area contributed by atoms with Crippen molar-refractivity contribution in [2.24, 2.45) is 0 Å². The van der Waals surface area contributed by atoms with Crippen molar-refractivity contribution in [2.75, 3.05) is 20.6 Å². The molecule has 0 atom stereocenters. The smallest absolute Gasteiger partial charge is 0.328 e. The van der Waals surface area contributed by atoms with E-state index in [1.807, 2.05) is 38.4 Å². The van der Waals surface area contributed by atoms with Crippen molar-refractivity contribution in [3.05, 3.63) is 71.6 Å². The third-order valence-corrected chi connectivity index (χ3v) is 4.83. The summed E-state index contributed by atoms with van der Waals surface area (Å²) >= 11 is 0. The van der Waals surface area contributed by atoms with Crippen LogP contribution in [0.1, 0.15) is 15.9 Å². The number of halogens is 1. The molecule has 8 heteroatoms. The van der Waals surface area contributed by atoms with Crippen molar-refractivity contribution in [3.8, 4) is 11.3 Å². The lowest BCUT2D eigenvalue weighted by atomic mass is 10.00. The second kappa shape index (κ2) is 8.93. The third kappa shape index (κ3) is 4.54. The van der Waals surface area contributed by atoms with E-state index in [-0.39, 0.29) is 11.7 Å². The summed E-state index contributed by atoms with van der Waals surface area (Å²) < 4.78 is 15.5. The largest absolute Gasteiger partial charge is 0.478 e. The average molecular weight is 424 g/mol. The molecule has 0 bridgehead atoms. The van der Waals surface area contributed by atoms with E-state index in [1.54, 1.807) is 16.7 Å². The quantitative estimate of drug-likeness (QED) is 0.477. The summed E-state index contributed by atoms with van der Waals surface area (Å²) in [6.45, 7) is 0.846. The van der Waals surface area contributed by atoms with Crippen molar-refractivity contribution >= 4 is 28.7 Å². The Bertz CT molecular complexity index is 1190. The fourth-order valence-corrected chi connectivity index (χ4v) is 3.55. The van der Waals surface area contributed by atoms with Gasteiger partial charge in [-0.3, -0.25) is 9.36 Å². The van der Waals surface area contributed by atoms with Crippen LogP contribution in [0.25, 0.3) is 22.2 Å². The number of hydrogen-bond acceptors (Lipinski definition) is 4. The number of likely N-dealkylation sites (N-methyl/N-ethyl adjacent to an activating group) is 1. The van der Waals surface area contributed by atoms with Gasteiger partial charge in [-0.2, -0.15) is 0 Å². The predicted molar refractivity (Wildman–Crippen MR) is 114 cm³/mol. The van der Waals surface area contributed by atoms with Crippen LogP contribution >= 0.6 is 0 Å². The van der Waals surface area contributed by atoms with Crippen LogP contribution in [0, 0.1) is 5.82 Å². The molecule has 0 saturated carbocycles. The highest BCUT2D eigenvalue weighted by atomic mass is 19.1. The van der Waals surface area contributed by atoms with E-state index in [2.05, 4.69) is 4.90 Å². The van der Waals surface area contributed by atoms with Gasteiger partial charge in [0, 0.05) is 35.2 Å². The minimum atomic E-state index is -1.26. The summed E-state index contributed by atoms with van der Waals surface area (Å²) in [6.07, 6.45) is 1.89. The average Bonchev–Trinajstić information content (AvgIpc) is 3.18. The minimum absolute atomic E-state index is 0.0247. The first-order valence-corrected chi connectivity index (χ1v) is 9.46. The van der Waals surface area contributed by atoms with Crippen molar-refractivity contribution < 1.29 is 29.0 Å². The summed E-state index contributed by atoms with van der Waals surface area (Å²) in [5.74, 6) is -2.81. The number of aromatic nitrogens is 1. The molecule has 0 aliphatic carbocycles. The molecule has 4 rings (SSSR count). The number of rotatable bonds is 5. The van der Waals surface area contributed by atoms with Gasteiger partial charge in [0.25, 0.3) is 5.91 Å². The zero-order chi connectivity index (χ0) is 22.7. The topological polar surface area (TPSA) is 99.8 Å². The Labute approximate surface area is 177 Å². The number of nitrogens with zero attached hydrogens (tertiary/aromatic N) is 2. The monoisotopic (exact) mass is 424 g/mol. The molecule has 2 aromatic carbocycles. The van der Waals surface area contributed by atoms with E-state index < -0.39 is 11.9 Å². The van der Waals surface area contributed by atoms with Gasteiger partial charge >= 0.3 is 11.9 Å². The van der Waals surface area contributed by atoms with Crippen molar-refractivity contribution in [1.29, 1.82) is 0 Å². The van der Waals surface area contributed by atoms with Gasteiger partial charge in [-0.05, 0) is 50.3 Å². The number of aliphatic carboxylic acids is 2. The van der Waals surface area contributed by atoms with Crippen LogP contribution in [-0.2, 0) is 16.0 Å². The van der Waals surface area contributed by atoms with E-state index in [1.165, 1.54) is 6.07 Å². The predicted octanol–water partition coefficient (Wildman–Crippen LogP) is 3.27. The lowest BCUT2D eigenvalue weighted by molar-refractivity contribution is -0.134. The molecule has 3 aromatic rings. The van der Waals surface area contributed by atoms with E-state index in [9.17, 15) is 18.8 Å². The Morgan fingerprint density at radius 2 is 1.65 bits per heavy atom. The molecule has 31 heavy (non-hydrogen) atoms. The number of carboxylic acids is 2. The molecule has 2 N–H and O–H groups in total. The van der Waals surface area contributed by atoms with Crippen LogP contribution in [0.4, 0.5) is 4.39 Å². The molecule has 7 nitrogen and oxygen atoms in total. The van der Waals surface area contributed by atoms with E-state index in [0.717, 1.165) is 46.3 Å². The van der Waals surface area contributed by atoms with Gasteiger partial charge in [-0.25, -0.2) is 14.0 Å². The Kier molecular flexibility index (Phi) is 6.31. The van der Waals surface area contributed by atoms with Gasteiger partial charge in [-0.1, -0.05) is 18.2 Å². The summed E-state index contributed by atoms with van der Waals surface area (Å²) in [4.78, 5) is 34.0. The molecule has 2 heterocycles. The molecule has 160 valence electrons. The van der Waals surface area contributed by atoms with Gasteiger partial charge in [0.1, 0.15) is 5.82 Å². The number of benzene rings is 2. The molecule has 0 fully saturated rings. The second-order valence-electron chi connectivity index (χ2n) is 7.24. The van der Waals surface area contributed by atoms with Crippen LogP contribution < -0.4 is 0 Å².